The van der Waals surface area contributed by atoms with Gasteiger partial charge in [0.05, 0.1) is 22.3 Å². The molecule has 1 atom stereocenters. The van der Waals surface area contributed by atoms with E-state index >= 15 is 0 Å². The molecule has 0 fully saturated rings. The number of ether oxygens (including phenoxy) is 1. The highest BCUT2D eigenvalue weighted by molar-refractivity contribution is 8.00. The van der Waals surface area contributed by atoms with Crippen molar-refractivity contribution >= 4 is 40.0 Å². The van der Waals surface area contributed by atoms with E-state index in [1.807, 2.05) is 26.0 Å². The van der Waals surface area contributed by atoms with Crippen molar-refractivity contribution in [2.75, 3.05) is 11.9 Å². The fourth-order valence-electron chi connectivity index (χ4n) is 3.22. The number of hydrogen-bond donors (Lipinski definition) is 1. The average molecular weight is 468 g/mol. The standard InChI is InChI=1S/C25H29N3O4S/c1-16(2)32-15-7-14-28-24(31)21-8-5-6-9-22(21)27-25(28)33-18(4)23(30)26-20-12-10-19(11-13-20)17(3)29/h5-6,8-13,16,18H,7,14-15H2,1-4H3,(H,26,30). The molecule has 0 bridgehead atoms. The van der Waals surface area contributed by atoms with Gasteiger partial charge in [-0.1, -0.05) is 23.9 Å². The van der Waals surface area contributed by atoms with Gasteiger partial charge in [0.2, 0.25) is 5.91 Å². The van der Waals surface area contributed by atoms with Crippen molar-refractivity contribution in [1.82, 2.24) is 9.55 Å². The van der Waals surface area contributed by atoms with Crippen molar-refractivity contribution in [3.05, 3.63) is 64.4 Å². The molecule has 1 unspecified atom stereocenters. The number of amides is 1. The number of benzene rings is 2. The number of nitrogens with one attached hydrogen (secondary N) is 1. The summed E-state index contributed by atoms with van der Waals surface area (Å²) in [7, 11) is 0. The van der Waals surface area contributed by atoms with E-state index in [2.05, 4.69) is 10.3 Å². The lowest BCUT2D eigenvalue weighted by atomic mass is 10.1. The van der Waals surface area contributed by atoms with E-state index in [4.69, 9.17) is 4.74 Å². The van der Waals surface area contributed by atoms with Gasteiger partial charge in [-0.2, -0.15) is 0 Å². The first-order valence-corrected chi connectivity index (χ1v) is 11.8. The molecule has 1 aromatic heterocycles. The summed E-state index contributed by atoms with van der Waals surface area (Å²) in [5, 5.41) is 3.41. The van der Waals surface area contributed by atoms with Gasteiger partial charge >= 0.3 is 0 Å². The first-order chi connectivity index (χ1) is 15.8. The van der Waals surface area contributed by atoms with Gasteiger partial charge in [-0.05, 0) is 70.5 Å². The molecule has 0 saturated heterocycles. The maximum Gasteiger partial charge on any atom is 0.262 e. The molecule has 8 heteroatoms. The maximum absolute atomic E-state index is 13.1. The lowest BCUT2D eigenvalue weighted by Crippen LogP contribution is -2.27. The number of thioether (sulfide) groups is 1. The van der Waals surface area contributed by atoms with Gasteiger partial charge in [-0.15, -0.1) is 0 Å². The number of Topliss-reactive ketones (excluding diaryl/α,β-unsaturated/α-hetero) is 1. The van der Waals surface area contributed by atoms with Crippen LogP contribution in [0.1, 0.15) is 44.5 Å². The Morgan fingerprint density at radius 3 is 2.45 bits per heavy atom. The van der Waals surface area contributed by atoms with Crippen molar-refractivity contribution in [3.8, 4) is 0 Å². The summed E-state index contributed by atoms with van der Waals surface area (Å²) in [5.74, 6) is -0.247. The molecule has 2 aromatic carbocycles. The van der Waals surface area contributed by atoms with Crippen LogP contribution in [0.25, 0.3) is 10.9 Å². The number of rotatable bonds is 10. The quantitative estimate of drug-likeness (QED) is 0.204. The van der Waals surface area contributed by atoms with Gasteiger partial charge in [-0.3, -0.25) is 19.0 Å². The van der Waals surface area contributed by atoms with Crippen molar-refractivity contribution in [3.63, 3.8) is 0 Å². The molecular weight excluding hydrogens is 438 g/mol. The molecule has 0 aliphatic carbocycles. The van der Waals surface area contributed by atoms with Crippen LogP contribution in [-0.4, -0.2) is 39.2 Å². The summed E-state index contributed by atoms with van der Waals surface area (Å²) in [4.78, 5) is 42.1. The van der Waals surface area contributed by atoms with Gasteiger partial charge in [-0.25, -0.2) is 4.98 Å². The summed E-state index contributed by atoms with van der Waals surface area (Å²) in [6.07, 6.45) is 0.785. The molecule has 7 nitrogen and oxygen atoms in total. The summed E-state index contributed by atoms with van der Waals surface area (Å²) >= 11 is 1.24. The molecule has 174 valence electrons. The summed E-state index contributed by atoms with van der Waals surface area (Å²) < 4.78 is 7.24. The number of fused-ring (bicyclic) bond motifs is 1. The number of carbonyl (C=O) groups is 2. The molecule has 3 rings (SSSR count). The minimum atomic E-state index is -0.497. The largest absolute Gasteiger partial charge is 0.379 e. The molecule has 0 spiro atoms. The Morgan fingerprint density at radius 2 is 1.79 bits per heavy atom. The first-order valence-electron chi connectivity index (χ1n) is 11.0. The normalized spacial score (nSPS) is 12.2. The molecule has 0 saturated carbocycles. The Hall–Kier alpha value is -2.97. The van der Waals surface area contributed by atoms with E-state index in [-0.39, 0.29) is 23.4 Å². The first kappa shape index (κ1) is 24.7. The van der Waals surface area contributed by atoms with Crippen LogP contribution in [0.3, 0.4) is 0 Å². The van der Waals surface area contributed by atoms with E-state index in [1.165, 1.54) is 18.7 Å². The van der Waals surface area contributed by atoms with Crippen LogP contribution < -0.4 is 10.9 Å². The number of anilines is 1. The van der Waals surface area contributed by atoms with Crippen LogP contribution >= 0.6 is 11.8 Å². The Kier molecular flexibility index (Phi) is 8.41. The van der Waals surface area contributed by atoms with Crippen LogP contribution in [0, 0.1) is 0 Å². The molecule has 33 heavy (non-hydrogen) atoms. The second-order valence-electron chi connectivity index (χ2n) is 8.02. The smallest absolute Gasteiger partial charge is 0.262 e. The third kappa shape index (κ3) is 6.52. The van der Waals surface area contributed by atoms with Crippen molar-refractivity contribution in [2.24, 2.45) is 0 Å². The number of nitrogens with zero attached hydrogens (tertiary/aromatic N) is 2. The van der Waals surface area contributed by atoms with E-state index in [9.17, 15) is 14.4 Å². The maximum atomic E-state index is 13.1. The highest BCUT2D eigenvalue weighted by Crippen LogP contribution is 2.24. The second kappa shape index (κ2) is 11.2. The Labute approximate surface area is 197 Å². The minimum Gasteiger partial charge on any atom is -0.379 e. The van der Waals surface area contributed by atoms with Crippen LogP contribution in [0.2, 0.25) is 0 Å². The van der Waals surface area contributed by atoms with E-state index in [0.29, 0.717) is 46.9 Å². The summed E-state index contributed by atoms with van der Waals surface area (Å²) in [5.41, 5.74) is 1.67. The van der Waals surface area contributed by atoms with Gasteiger partial charge in [0.1, 0.15) is 0 Å². The van der Waals surface area contributed by atoms with Gasteiger partial charge < -0.3 is 10.1 Å². The van der Waals surface area contributed by atoms with Crippen LogP contribution in [-0.2, 0) is 16.1 Å². The zero-order valence-electron chi connectivity index (χ0n) is 19.3. The van der Waals surface area contributed by atoms with E-state index in [0.717, 1.165) is 0 Å². The molecule has 0 aliphatic heterocycles. The number of carbonyl (C=O) groups excluding carboxylic acids is 2. The molecule has 1 amide bonds. The second-order valence-corrected chi connectivity index (χ2v) is 9.33. The fraction of sp³-hybridized carbons (Fsp3) is 0.360. The lowest BCUT2D eigenvalue weighted by Gasteiger charge is -2.17. The third-order valence-corrected chi connectivity index (χ3v) is 6.10. The van der Waals surface area contributed by atoms with E-state index in [1.54, 1.807) is 47.9 Å². The molecule has 1 heterocycles. The van der Waals surface area contributed by atoms with Crippen molar-refractivity contribution in [2.45, 2.75) is 57.2 Å². The van der Waals surface area contributed by atoms with Crippen molar-refractivity contribution < 1.29 is 14.3 Å². The lowest BCUT2D eigenvalue weighted by molar-refractivity contribution is -0.115. The molecular formula is C25H29N3O4S. The topological polar surface area (TPSA) is 90.3 Å². The zero-order valence-corrected chi connectivity index (χ0v) is 20.1. The molecule has 0 radical (unpaired) electrons. The SMILES string of the molecule is CC(=O)c1ccc(NC(=O)C(C)Sc2nc3ccccc3c(=O)n2CCCOC(C)C)cc1. The summed E-state index contributed by atoms with van der Waals surface area (Å²) in [6.45, 7) is 8.20. The van der Waals surface area contributed by atoms with Crippen LogP contribution in [0.5, 0.6) is 0 Å². The molecule has 1 N–H and O–H groups in total. The van der Waals surface area contributed by atoms with Gasteiger partial charge in [0, 0.05) is 24.4 Å². The number of aromatic nitrogens is 2. The number of para-hydroxylation sites is 1. The highest BCUT2D eigenvalue weighted by atomic mass is 32.2. The average Bonchev–Trinajstić information content (AvgIpc) is 2.78. The van der Waals surface area contributed by atoms with Crippen LogP contribution in [0.4, 0.5) is 5.69 Å². The molecule has 3 aromatic rings. The van der Waals surface area contributed by atoms with Crippen LogP contribution in [0.15, 0.2) is 58.5 Å². The predicted molar refractivity (Wildman–Crippen MR) is 132 cm³/mol. The number of ketones is 1. The van der Waals surface area contributed by atoms with E-state index < -0.39 is 5.25 Å². The monoisotopic (exact) mass is 467 g/mol. The minimum absolute atomic E-state index is 0.0315. The van der Waals surface area contributed by atoms with Gasteiger partial charge in [0.25, 0.3) is 5.56 Å². The highest BCUT2D eigenvalue weighted by Gasteiger charge is 2.20. The fourth-order valence-corrected chi connectivity index (χ4v) is 4.15. The Bertz CT molecular complexity index is 1190. The molecule has 0 aliphatic rings. The third-order valence-electron chi connectivity index (χ3n) is 5.01. The summed E-state index contributed by atoms with van der Waals surface area (Å²) in [6, 6.07) is 14.0. The van der Waals surface area contributed by atoms with Crippen molar-refractivity contribution in [1.29, 1.82) is 0 Å². The number of hydrogen-bond acceptors (Lipinski definition) is 6. The Morgan fingerprint density at radius 1 is 1.09 bits per heavy atom. The van der Waals surface area contributed by atoms with Gasteiger partial charge in [0.15, 0.2) is 10.9 Å². The predicted octanol–water partition coefficient (Wildman–Crippen LogP) is 4.53. The Balaban J connectivity index is 1.79. The zero-order chi connectivity index (χ0) is 24.0.